The highest BCUT2D eigenvalue weighted by molar-refractivity contribution is 7.80. The SMILES string of the molecule is CCC(=O)NCNC(=S)NC. The summed E-state index contributed by atoms with van der Waals surface area (Å²) in [6, 6.07) is 0. The molecule has 5 heteroatoms. The summed E-state index contributed by atoms with van der Waals surface area (Å²) in [5.74, 6) is 0.0106. The zero-order valence-corrected chi connectivity index (χ0v) is 7.55. The summed E-state index contributed by atoms with van der Waals surface area (Å²) >= 11 is 4.77. The molecule has 0 aromatic heterocycles. The first kappa shape index (κ1) is 10.2. The van der Waals surface area contributed by atoms with Crippen LogP contribution in [0.25, 0.3) is 0 Å². The smallest absolute Gasteiger partial charge is 0.221 e. The Morgan fingerprint density at radius 1 is 1.45 bits per heavy atom. The summed E-state index contributed by atoms with van der Waals surface area (Å²) in [4.78, 5) is 10.7. The van der Waals surface area contributed by atoms with Crippen LogP contribution in [0.2, 0.25) is 0 Å². The Labute approximate surface area is 71.7 Å². The van der Waals surface area contributed by atoms with Crippen LogP contribution in [0.15, 0.2) is 0 Å². The number of rotatable bonds is 3. The van der Waals surface area contributed by atoms with Crippen molar-refractivity contribution < 1.29 is 4.79 Å². The van der Waals surface area contributed by atoms with Crippen LogP contribution in [-0.4, -0.2) is 24.7 Å². The van der Waals surface area contributed by atoms with Crippen LogP contribution in [0.3, 0.4) is 0 Å². The van der Waals surface area contributed by atoms with Gasteiger partial charge in [0, 0.05) is 13.5 Å². The molecule has 0 rings (SSSR count). The first-order valence-corrected chi connectivity index (χ1v) is 3.83. The standard InChI is InChI=1S/C6H13N3OS/c1-3-5(10)8-4-9-6(11)7-2/h3-4H2,1-2H3,(H,8,10)(H2,7,9,11). The van der Waals surface area contributed by atoms with E-state index in [1.165, 1.54) is 0 Å². The Morgan fingerprint density at radius 3 is 2.55 bits per heavy atom. The molecule has 0 spiro atoms. The van der Waals surface area contributed by atoms with E-state index in [0.717, 1.165) is 0 Å². The second-order valence-corrected chi connectivity index (χ2v) is 2.29. The van der Waals surface area contributed by atoms with Crippen molar-refractivity contribution in [3.63, 3.8) is 0 Å². The topological polar surface area (TPSA) is 53.2 Å². The molecule has 0 saturated carbocycles. The van der Waals surface area contributed by atoms with E-state index < -0.39 is 0 Å². The van der Waals surface area contributed by atoms with Crippen LogP contribution in [-0.2, 0) is 4.79 Å². The summed E-state index contributed by atoms with van der Waals surface area (Å²) in [6.07, 6.45) is 0.494. The number of carbonyl (C=O) groups excluding carboxylic acids is 1. The molecule has 3 N–H and O–H groups in total. The molecule has 0 aromatic rings. The Morgan fingerprint density at radius 2 is 2.09 bits per heavy atom. The van der Waals surface area contributed by atoms with E-state index in [9.17, 15) is 4.79 Å². The normalized spacial score (nSPS) is 8.55. The third-order valence-corrected chi connectivity index (χ3v) is 1.43. The van der Waals surface area contributed by atoms with E-state index in [4.69, 9.17) is 12.2 Å². The summed E-state index contributed by atoms with van der Waals surface area (Å²) in [5.41, 5.74) is 0. The van der Waals surface area contributed by atoms with Gasteiger partial charge in [0.05, 0.1) is 6.67 Å². The number of hydrogen-bond acceptors (Lipinski definition) is 2. The van der Waals surface area contributed by atoms with Gasteiger partial charge in [-0.15, -0.1) is 0 Å². The summed E-state index contributed by atoms with van der Waals surface area (Å²) in [7, 11) is 1.72. The number of hydrogen-bond donors (Lipinski definition) is 3. The third-order valence-electron chi connectivity index (χ3n) is 1.08. The van der Waals surface area contributed by atoms with Gasteiger partial charge in [-0.05, 0) is 12.2 Å². The lowest BCUT2D eigenvalue weighted by atomic mass is 10.5. The minimum atomic E-state index is 0.0106. The van der Waals surface area contributed by atoms with E-state index in [1.54, 1.807) is 14.0 Å². The zero-order valence-electron chi connectivity index (χ0n) is 6.73. The Balaban J connectivity index is 3.27. The molecule has 0 radical (unpaired) electrons. The van der Waals surface area contributed by atoms with Crippen LogP contribution >= 0.6 is 12.2 Å². The number of amides is 1. The molecule has 0 unspecified atom stereocenters. The van der Waals surface area contributed by atoms with Gasteiger partial charge < -0.3 is 16.0 Å². The molecule has 0 saturated heterocycles. The van der Waals surface area contributed by atoms with Gasteiger partial charge in [0.25, 0.3) is 0 Å². The van der Waals surface area contributed by atoms with Crippen LogP contribution < -0.4 is 16.0 Å². The molecule has 0 aromatic carbocycles. The minimum absolute atomic E-state index is 0.0106. The molecule has 11 heavy (non-hydrogen) atoms. The molecule has 0 fully saturated rings. The number of thiocarbonyl (C=S) groups is 1. The van der Waals surface area contributed by atoms with Gasteiger partial charge in [0.1, 0.15) is 0 Å². The molecular formula is C6H13N3OS. The zero-order chi connectivity index (χ0) is 8.69. The fourth-order valence-electron chi connectivity index (χ4n) is 0.436. The highest BCUT2D eigenvalue weighted by atomic mass is 32.1. The lowest BCUT2D eigenvalue weighted by molar-refractivity contribution is -0.120. The molecule has 1 amide bonds. The molecule has 0 aliphatic heterocycles. The fourth-order valence-corrected chi connectivity index (χ4v) is 0.509. The van der Waals surface area contributed by atoms with Gasteiger partial charge in [-0.2, -0.15) is 0 Å². The summed E-state index contributed by atoms with van der Waals surface area (Å²) < 4.78 is 0. The monoisotopic (exact) mass is 175 g/mol. The quantitative estimate of drug-likeness (QED) is 0.402. The molecule has 0 atom stereocenters. The van der Waals surface area contributed by atoms with Gasteiger partial charge in [-0.3, -0.25) is 4.79 Å². The van der Waals surface area contributed by atoms with E-state index in [0.29, 0.717) is 18.2 Å². The predicted molar refractivity (Wildman–Crippen MR) is 48.1 cm³/mol. The molecule has 0 aliphatic carbocycles. The van der Waals surface area contributed by atoms with Crippen molar-refractivity contribution in [3.05, 3.63) is 0 Å². The lowest BCUT2D eigenvalue weighted by Gasteiger charge is -2.07. The van der Waals surface area contributed by atoms with Gasteiger partial charge in [0.2, 0.25) is 5.91 Å². The third kappa shape index (κ3) is 5.60. The fraction of sp³-hybridized carbons (Fsp3) is 0.667. The molecular weight excluding hydrogens is 162 g/mol. The lowest BCUT2D eigenvalue weighted by Crippen LogP contribution is -2.40. The average molecular weight is 175 g/mol. The first-order chi connectivity index (χ1) is 5.20. The van der Waals surface area contributed by atoms with Crippen molar-refractivity contribution in [3.8, 4) is 0 Å². The van der Waals surface area contributed by atoms with Gasteiger partial charge in [-0.25, -0.2) is 0 Å². The van der Waals surface area contributed by atoms with Crippen molar-refractivity contribution in [1.29, 1.82) is 0 Å². The van der Waals surface area contributed by atoms with E-state index in [-0.39, 0.29) is 5.91 Å². The van der Waals surface area contributed by atoms with Gasteiger partial charge in [0.15, 0.2) is 5.11 Å². The molecule has 0 heterocycles. The van der Waals surface area contributed by atoms with Crippen molar-refractivity contribution in [2.45, 2.75) is 13.3 Å². The second-order valence-electron chi connectivity index (χ2n) is 1.89. The Bertz CT molecular complexity index is 133. The number of carbonyl (C=O) groups is 1. The maximum absolute atomic E-state index is 10.7. The van der Waals surface area contributed by atoms with Crippen LogP contribution in [0.1, 0.15) is 13.3 Å². The highest BCUT2D eigenvalue weighted by Gasteiger charge is 1.94. The highest BCUT2D eigenvalue weighted by Crippen LogP contribution is 1.71. The van der Waals surface area contributed by atoms with Crippen molar-refractivity contribution in [2.75, 3.05) is 13.7 Å². The maximum Gasteiger partial charge on any atom is 0.221 e. The predicted octanol–water partition coefficient (Wildman–Crippen LogP) is -0.436. The minimum Gasteiger partial charge on any atom is -0.366 e. The van der Waals surface area contributed by atoms with E-state index in [2.05, 4.69) is 16.0 Å². The number of nitrogens with one attached hydrogen (secondary N) is 3. The maximum atomic E-state index is 10.7. The Hall–Kier alpha value is -0.840. The van der Waals surface area contributed by atoms with Gasteiger partial charge >= 0.3 is 0 Å². The van der Waals surface area contributed by atoms with Crippen LogP contribution in [0, 0.1) is 0 Å². The average Bonchev–Trinajstić information content (AvgIpc) is 2.04. The van der Waals surface area contributed by atoms with Crippen molar-refractivity contribution in [1.82, 2.24) is 16.0 Å². The second kappa shape index (κ2) is 5.91. The van der Waals surface area contributed by atoms with E-state index in [1.807, 2.05) is 0 Å². The van der Waals surface area contributed by atoms with Crippen molar-refractivity contribution in [2.24, 2.45) is 0 Å². The Kier molecular flexibility index (Phi) is 5.46. The summed E-state index contributed by atoms with van der Waals surface area (Å²) in [5, 5.41) is 8.66. The van der Waals surface area contributed by atoms with E-state index >= 15 is 0 Å². The van der Waals surface area contributed by atoms with Crippen molar-refractivity contribution >= 4 is 23.2 Å². The first-order valence-electron chi connectivity index (χ1n) is 3.43. The van der Waals surface area contributed by atoms with Crippen LogP contribution in [0.5, 0.6) is 0 Å². The molecule has 0 aliphatic rings. The van der Waals surface area contributed by atoms with Crippen LogP contribution in [0.4, 0.5) is 0 Å². The molecule has 4 nitrogen and oxygen atoms in total. The van der Waals surface area contributed by atoms with Gasteiger partial charge in [-0.1, -0.05) is 6.92 Å². The molecule has 64 valence electrons. The summed E-state index contributed by atoms with van der Waals surface area (Å²) in [6.45, 7) is 2.18. The molecule has 0 bridgehead atoms. The largest absolute Gasteiger partial charge is 0.366 e.